The lowest BCUT2D eigenvalue weighted by molar-refractivity contribution is 0.110. The van der Waals surface area contributed by atoms with Gasteiger partial charge in [-0.25, -0.2) is 0 Å². The average Bonchev–Trinajstić information content (AvgIpc) is 2.30. The Morgan fingerprint density at radius 1 is 1.27 bits per heavy atom. The van der Waals surface area contributed by atoms with E-state index < -0.39 is 0 Å². The lowest BCUT2D eigenvalue weighted by Crippen LogP contribution is -2.12. The van der Waals surface area contributed by atoms with Gasteiger partial charge in [-0.3, -0.25) is 0 Å². The summed E-state index contributed by atoms with van der Waals surface area (Å²) >= 11 is 0. The molecule has 0 unspecified atom stereocenters. The lowest BCUT2D eigenvalue weighted by atomic mass is 9.94. The van der Waals surface area contributed by atoms with Crippen molar-refractivity contribution in [2.75, 3.05) is 13.2 Å². The molecule has 0 saturated carbocycles. The maximum atomic E-state index is 5.51. The number of hydrogen-bond acceptors (Lipinski definition) is 2. The Labute approximate surface area is 91.4 Å². The van der Waals surface area contributed by atoms with Gasteiger partial charge in [0.15, 0.2) is 0 Å². The minimum atomic E-state index is 0.792. The molecule has 1 aromatic carbocycles. The number of hydrogen-bond donors (Lipinski definition) is 1. The Bertz CT molecular complexity index is 322. The summed E-state index contributed by atoms with van der Waals surface area (Å²) in [6.45, 7) is 2.47. The highest BCUT2D eigenvalue weighted by Crippen LogP contribution is 2.22. The minimum Gasteiger partial charge on any atom is -0.376 e. The van der Waals surface area contributed by atoms with Crippen molar-refractivity contribution in [3.63, 3.8) is 0 Å². The highest BCUT2D eigenvalue weighted by atomic mass is 16.5. The molecule has 15 heavy (non-hydrogen) atoms. The monoisotopic (exact) mass is 205 g/mol. The molecule has 1 heterocycles. The van der Waals surface area contributed by atoms with Crippen LogP contribution in [-0.2, 0) is 24.2 Å². The number of nitrogens with two attached hydrogens (primary N) is 1. The number of unbranched alkanes of at least 4 members (excludes halogenated alkanes) is 1. The van der Waals surface area contributed by atoms with E-state index in [9.17, 15) is 0 Å². The molecule has 2 N–H and O–H groups in total. The molecule has 2 heteroatoms. The first-order valence-electron chi connectivity index (χ1n) is 5.79. The molecule has 0 aromatic heterocycles. The number of fused-ring (bicyclic) bond motifs is 1. The molecule has 1 aromatic rings. The van der Waals surface area contributed by atoms with Gasteiger partial charge in [0.25, 0.3) is 0 Å². The van der Waals surface area contributed by atoms with Crippen LogP contribution in [0.15, 0.2) is 18.2 Å². The van der Waals surface area contributed by atoms with Crippen LogP contribution in [0.25, 0.3) is 0 Å². The smallest absolute Gasteiger partial charge is 0.0719 e. The van der Waals surface area contributed by atoms with Gasteiger partial charge in [-0.1, -0.05) is 18.2 Å². The van der Waals surface area contributed by atoms with Crippen LogP contribution in [0.1, 0.15) is 29.5 Å². The van der Waals surface area contributed by atoms with E-state index >= 15 is 0 Å². The van der Waals surface area contributed by atoms with E-state index in [0.29, 0.717) is 0 Å². The summed E-state index contributed by atoms with van der Waals surface area (Å²) in [7, 11) is 0. The number of ether oxygens (including phenoxy) is 1. The molecule has 0 bridgehead atoms. The Hall–Kier alpha value is -0.860. The molecule has 82 valence electrons. The second-order valence-corrected chi connectivity index (χ2v) is 4.10. The molecule has 2 rings (SSSR count). The van der Waals surface area contributed by atoms with Crippen LogP contribution in [0.5, 0.6) is 0 Å². The van der Waals surface area contributed by atoms with Gasteiger partial charge in [0.05, 0.1) is 13.2 Å². The first-order chi connectivity index (χ1) is 7.42. The largest absolute Gasteiger partial charge is 0.376 e. The molecular formula is C13H19NO. The third-order valence-electron chi connectivity index (χ3n) is 3.02. The SMILES string of the molecule is NCCCCc1cccc2c1CCOC2. The second-order valence-electron chi connectivity index (χ2n) is 4.10. The Balaban J connectivity index is 2.09. The summed E-state index contributed by atoms with van der Waals surface area (Å²) in [6, 6.07) is 6.58. The van der Waals surface area contributed by atoms with Crippen molar-refractivity contribution in [3.05, 3.63) is 34.9 Å². The van der Waals surface area contributed by atoms with Crippen molar-refractivity contribution >= 4 is 0 Å². The normalized spacial score (nSPS) is 15.0. The molecule has 2 nitrogen and oxygen atoms in total. The maximum Gasteiger partial charge on any atom is 0.0719 e. The summed E-state index contributed by atoms with van der Waals surface area (Å²) < 4.78 is 5.46. The molecule has 0 saturated heterocycles. The fourth-order valence-electron chi connectivity index (χ4n) is 2.19. The van der Waals surface area contributed by atoms with Gasteiger partial charge in [0, 0.05) is 0 Å². The quantitative estimate of drug-likeness (QED) is 0.763. The number of aryl methyl sites for hydroxylation is 1. The van der Waals surface area contributed by atoms with Gasteiger partial charge in [0.2, 0.25) is 0 Å². The van der Waals surface area contributed by atoms with Crippen molar-refractivity contribution in [2.24, 2.45) is 5.73 Å². The molecule has 1 aliphatic rings. The van der Waals surface area contributed by atoms with E-state index in [1.54, 1.807) is 0 Å². The highest BCUT2D eigenvalue weighted by Gasteiger charge is 2.12. The van der Waals surface area contributed by atoms with Gasteiger partial charge in [-0.15, -0.1) is 0 Å². The van der Waals surface area contributed by atoms with Gasteiger partial charge >= 0.3 is 0 Å². The van der Waals surface area contributed by atoms with Crippen molar-refractivity contribution < 1.29 is 4.74 Å². The van der Waals surface area contributed by atoms with Crippen LogP contribution in [-0.4, -0.2) is 13.2 Å². The summed E-state index contributed by atoms with van der Waals surface area (Å²) in [5.41, 5.74) is 9.92. The van der Waals surface area contributed by atoms with Crippen LogP contribution in [0.4, 0.5) is 0 Å². The van der Waals surface area contributed by atoms with Crippen LogP contribution in [0.2, 0.25) is 0 Å². The zero-order valence-corrected chi connectivity index (χ0v) is 9.17. The predicted octanol–water partition coefficient (Wildman–Crippen LogP) is 2.04. The van der Waals surface area contributed by atoms with E-state index in [0.717, 1.165) is 32.6 Å². The summed E-state index contributed by atoms with van der Waals surface area (Å²) in [5.74, 6) is 0. The molecule has 0 fully saturated rings. The van der Waals surface area contributed by atoms with Crippen LogP contribution >= 0.6 is 0 Å². The summed E-state index contributed by atoms with van der Waals surface area (Å²) in [6.07, 6.45) is 4.57. The van der Waals surface area contributed by atoms with E-state index in [-0.39, 0.29) is 0 Å². The molecule has 0 radical (unpaired) electrons. The van der Waals surface area contributed by atoms with E-state index in [4.69, 9.17) is 10.5 Å². The fourth-order valence-corrected chi connectivity index (χ4v) is 2.19. The van der Waals surface area contributed by atoms with Gasteiger partial charge < -0.3 is 10.5 Å². The van der Waals surface area contributed by atoms with Gasteiger partial charge in [0.1, 0.15) is 0 Å². The van der Waals surface area contributed by atoms with Gasteiger partial charge in [-0.2, -0.15) is 0 Å². The van der Waals surface area contributed by atoms with E-state index in [2.05, 4.69) is 18.2 Å². The zero-order chi connectivity index (χ0) is 10.5. The Morgan fingerprint density at radius 2 is 2.20 bits per heavy atom. The number of rotatable bonds is 4. The van der Waals surface area contributed by atoms with E-state index in [1.807, 2.05) is 0 Å². The number of benzene rings is 1. The van der Waals surface area contributed by atoms with E-state index in [1.165, 1.54) is 29.5 Å². The summed E-state index contributed by atoms with van der Waals surface area (Å²) in [4.78, 5) is 0. The van der Waals surface area contributed by atoms with Crippen molar-refractivity contribution in [3.8, 4) is 0 Å². The molecule has 0 atom stereocenters. The third-order valence-corrected chi connectivity index (χ3v) is 3.02. The van der Waals surface area contributed by atoms with Crippen LogP contribution < -0.4 is 5.73 Å². The maximum absolute atomic E-state index is 5.51. The molecule has 0 aliphatic carbocycles. The summed E-state index contributed by atoms with van der Waals surface area (Å²) in [5, 5.41) is 0. The average molecular weight is 205 g/mol. The highest BCUT2D eigenvalue weighted by molar-refractivity contribution is 5.36. The third kappa shape index (κ3) is 2.58. The zero-order valence-electron chi connectivity index (χ0n) is 9.17. The molecular weight excluding hydrogens is 186 g/mol. The minimum absolute atomic E-state index is 0.792. The van der Waals surface area contributed by atoms with Crippen molar-refractivity contribution in [2.45, 2.75) is 32.3 Å². The Morgan fingerprint density at radius 3 is 3.07 bits per heavy atom. The lowest BCUT2D eigenvalue weighted by Gasteiger charge is -2.19. The standard InChI is InChI=1S/C13H19NO/c14-8-2-1-4-11-5-3-6-12-10-15-9-7-13(11)12/h3,5-6H,1-2,4,7-10,14H2. The van der Waals surface area contributed by atoms with Crippen LogP contribution in [0, 0.1) is 0 Å². The second kappa shape index (κ2) is 5.29. The van der Waals surface area contributed by atoms with Crippen molar-refractivity contribution in [1.29, 1.82) is 0 Å². The van der Waals surface area contributed by atoms with Gasteiger partial charge in [-0.05, 0) is 48.9 Å². The fraction of sp³-hybridized carbons (Fsp3) is 0.538. The molecule has 0 amide bonds. The predicted molar refractivity (Wildman–Crippen MR) is 61.8 cm³/mol. The first-order valence-corrected chi connectivity index (χ1v) is 5.79. The topological polar surface area (TPSA) is 35.2 Å². The first kappa shape index (κ1) is 10.7. The van der Waals surface area contributed by atoms with Crippen LogP contribution in [0.3, 0.4) is 0 Å². The van der Waals surface area contributed by atoms with Crippen molar-refractivity contribution in [1.82, 2.24) is 0 Å². The molecule has 0 spiro atoms. The molecule has 1 aliphatic heterocycles. The Kier molecular flexibility index (Phi) is 3.75.